The topological polar surface area (TPSA) is 52.0 Å². The van der Waals surface area contributed by atoms with Crippen molar-refractivity contribution >= 4 is 33.0 Å². The summed E-state index contributed by atoms with van der Waals surface area (Å²) in [6, 6.07) is 5.56. The van der Waals surface area contributed by atoms with E-state index in [0.29, 0.717) is 0 Å². The number of anilines is 2. The molecule has 0 amide bonds. The van der Waals surface area contributed by atoms with E-state index in [4.69, 9.17) is 11.5 Å². The summed E-state index contributed by atoms with van der Waals surface area (Å²) in [4.78, 5) is 0.179. The molecule has 2 rings (SSSR count). The first-order valence-corrected chi connectivity index (χ1v) is 8.41. The van der Waals surface area contributed by atoms with Gasteiger partial charge in [-0.25, -0.2) is 0 Å². The first-order valence-electron chi connectivity index (χ1n) is 6.26. The van der Waals surface area contributed by atoms with E-state index in [2.05, 4.69) is 0 Å². The van der Waals surface area contributed by atoms with Gasteiger partial charge in [0.15, 0.2) is 0 Å². The quantitative estimate of drug-likeness (QED) is 0.406. The second-order valence-electron chi connectivity index (χ2n) is 4.67. The zero-order chi connectivity index (χ0) is 18.1. The molecule has 0 radical (unpaired) electrons. The van der Waals surface area contributed by atoms with E-state index in [1.807, 2.05) is 0 Å². The first-order chi connectivity index (χ1) is 11.0. The van der Waals surface area contributed by atoms with Crippen molar-refractivity contribution in [2.75, 3.05) is 11.5 Å². The molecule has 2 nitrogen and oxygen atoms in total. The van der Waals surface area contributed by atoms with Gasteiger partial charge in [0.1, 0.15) is 0 Å². The number of benzene rings is 2. The number of alkyl halides is 6. The molecule has 0 aliphatic rings. The fraction of sp³-hybridized carbons (Fsp3) is 0.143. The highest BCUT2D eigenvalue weighted by Crippen LogP contribution is 2.45. The lowest BCUT2D eigenvalue weighted by molar-refractivity contribution is -0.138. The summed E-state index contributed by atoms with van der Waals surface area (Å²) in [7, 11) is 1.62. The Morgan fingerprint density at radius 1 is 0.625 bits per heavy atom. The van der Waals surface area contributed by atoms with Crippen LogP contribution in [0.5, 0.6) is 0 Å². The van der Waals surface area contributed by atoms with Gasteiger partial charge in [-0.3, -0.25) is 0 Å². The van der Waals surface area contributed by atoms with Crippen molar-refractivity contribution in [3.8, 4) is 0 Å². The smallest absolute Gasteiger partial charge is 0.398 e. The van der Waals surface area contributed by atoms with Crippen molar-refractivity contribution in [1.82, 2.24) is 0 Å². The lowest BCUT2D eigenvalue weighted by atomic mass is 10.2. The van der Waals surface area contributed by atoms with Gasteiger partial charge in [0.25, 0.3) is 0 Å². The zero-order valence-electron chi connectivity index (χ0n) is 11.7. The number of hydrogen-bond donors (Lipinski definition) is 2. The maximum Gasteiger partial charge on any atom is 0.416 e. The number of hydrogen-bond acceptors (Lipinski definition) is 4. The lowest BCUT2D eigenvalue weighted by Gasteiger charge is -2.12. The van der Waals surface area contributed by atoms with Crippen LogP contribution >= 0.6 is 21.6 Å². The summed E-state index contributed by atoms with van der Waals surface area (Å²) < 4.78 is 76.3. The molecule has 0 atom stereocenters. The van der Waals surface area contributed by atoms with E-state index in [1.165, 1.54) is 0 Å². The fourth-order valence-electron chi connectivity index (χ4n) is 1.66. The van der Waals surface area contributed by atoms with Crippen molar-refractivity contribution in [1.29, 1.82) is 0 Å². The fourth-order valence-corrected chi connectivity index (χ4v) is 3.92. The van der Waals surface area contributed by atoms with Crippen LogP contribution in [0.25, 0.3) is 0 Å². The van der Waals surface area contributed by atoms with Crippen molar-refractivity contribution in [3.05, 3.63) is 47.5 Å². The Labute approximate surface area is 141 Å². The predicted octanol–water partition coefficient (Wildman–Crippen LogP) is 5.69. The molecule has 4 N–H and O–H groups in total. The highest BCUT2D eigenvalue weighted by molar-refractivity contribution is 8.76. The van der Waals surface area contributed by atoms with Gasteiger partial charge in [-0.2, -0.15) is 26.3 Å². The first kappa shape index (κ1) is 18.7. The number of rotatable bonds is 3. The van der Waals surface area contributed by atoms with Gasteiger partial charge in [0.05, 0.1) is 11.1 Å². The Kier molecular flexibility index (Phi) is 5.19. The van der Waals surface area contributed by atoms with Crippen LogP contribution in [0.2, 0.25) is 0 Å². The molecule has 0 fully saturated rings. The van der Waals surface area contributed by atoms with Crippen molar-refractivity contribution in [3.63, 3.8) is 0 Å². The molecule has 24 heavy (non-hydrogen) atoms. The van der Waals surface area contributed by atoms with Gasteiger partial charge in [-0.05, 0) is 36.4 Å². The Balaban J connectivity index is 2.25. The maximum atomic E-state index is 12.7. The van der Waals surface area contributed by atoms with E-state index < -0.39 is 23.5 Å². The van der Waals surface area contributed by atoms with Crippen LogP contribution in [0.3, 0.4) is 0 Å². The van der Waals surface area contributed by atoms with Gasteiger partial charge >= 0.3 is 12.4 Å². The highest BCUT2D eigenvalue weighted by Gasteiger charge is 2.32. The Hall–Kier alpha value is -1.68. The van der Waals surface area contributed by atoms with E-state index in [-0.39, 0.29) is 21.2 Å². The second kappa shape index (κ2) is 6.67. The van der Waals surface area contributed by atoms with Crippen LogP contribution in [-0.4, -0.2) is 0 Å². The molecule has 2 aromatic carbocycles. The number of nitrogens with two attached hydrogens (primary N) is 2. The number of nitrogen functional groups attached to an aromatic ring is 2. The van der Waals surface area contributed by atoms with Crippen molar-refractivity contribution in [2.24, 2.45) is 0 Å². The predicted molar refractivity (Wildman–Crippen MR) is 83.4 cm³/mol. The summed E-state index contributed by atoms with van der Waals surface area (Å²) >= 11 is 0. The van der Waals surface area contributed by atoms with Crippen LogP contribution in [0.4, 0.5) is 37.7 Å². The molecule has 10 heteroatoms. The van der Waals surface area contributed by atoms with Gasteiger partial charge in [-0.1, -0.05) is 21.6 Å². The van der Waals surface area contributed by atoms with Crippen LogP contribution < -0.4 is 11.5 Å². The molecule has 0 saturated carbocycles. The Bertz CT molecular complexity index is 680. The lowest BCUT2D eigenvalue weighted by Crippen LogP contribution is -2.05. The van der Waals surface area contributed by atoms with Crippen molar-refractivity contribution in [2.45, 2.75) is 22.1 Å². The minimum Gasteiger partial charge on any atom is -0.398 e. The van der Waals surface area contributed by atoms with E-state index in [9.17, 15) is 26.3 Å². The zero-order valence-corrected chi connectivity index (χ0v) is 13.3. The average Bonchev–Trinajstić information content (AvgIpc) is 2.45. The van der Waals surface area contributed by atoms with Gasteiger partial charge in [0, 0.05) is 21.2 Å². The largest absolute Gasteiger partial charge is 0.416 e. The molecule has 0 saturated heterocycles. The molecular formula is C14H10F6N2S2. The van der Waals surface area contributed by atoms with E-state index in [0.717, 1.165) is 58.0 Å². The number of halogens is 6. The summed E-state index contributed by atoms with van der Waals surface area (Å²) in [6.45, 7) is 0. The summed E-state index contributed by atoms with van der Waals surface area (Å²) in [5.41, 5.74) is 9.64. The third kappa shape index (κ3) is 4.44. The van der Waals surface area contributed by atoms with Gasteiger partial charge < -0.3 is 11.5 Å². The van der Waals surface area contributed by atoms with Crippen LogP contribution in [0, 0.1) is 0 Å². The Morgan fingerprint density at radius 2 is 0.958 bits per heavy atom. The molecule has 0 aliphatic heterocycles. The average molecular weight is 384 g/mol. The second-order valence-corrected chi connectivity index (χ2v) is 6.88. The monoisotopic (exact) mass is 384 g/mol. The van der Waals surface area contributed by atoms with Crippen molar-refractivity contribution < 1.29 is 26.3 Å². The summed E-state index contributed by atoms with van der Waals surface area (Å²) in [6.07, 6.45) is -9.08. The molecule has 0 spiro atoms. The van der Waals surface area contributed by atoms with Crippen LogP contribution in [-0.2, 0) is 12.4 Å². The molecule has 0 heterocycles. The minimum absolute atomic E-state index is 0.0889. The maximum absolute atomic E-state index is 12.7. The standard InChI is InChI=1S/C14H10F6N2S2/c15-13(16,17)7-1-3-9(21)11(5-7)23-24-12-6-8(14(18,19)20)2-4-10(12)22/h1-6H,21-22H2. The van der Waals surface area contributed by atoms with Gasteiger partial charge in [-0.15, -0.1) is 0 Å². The minimum atomic E-state index is -4.54. The molecule has 0 unspecified atom stereocenters. The molecule has 0 aromatic heterocycles. The van der Waals surface area contributed by atoms with Crippen LogP contribution in [0.15, 0.2) is 46.2 Å². The molecule has 130 valence electrons. The molecule has 0 aliphatic carbocycles. The SMILES string of the molecule is Nc1ccc(C(F)(F)F)cc1SSc1cc(C(F)(F)F)ccc1N. The van der Waals surface area contributed by atoms with Crippen LogP contribution in [0.1, 0.15) is 11.1 Å². The van der Waals surface area contributed by atoms with E-state index in [1.54, 1.807) is 0 Å². The Morgan fingerprint density at radius 3 is 1.25 bits per heavy atom. The van der Waals surface area contributed by atoms with E-state index >= 15 is 0 Å². The molecular weight excluding hydrogens is 374 g/mol. The summed E-state index contributed by atoms with van der Waals surface area (Å²) in [5, 5.41) is 0. The molecule has 2 aromatic rings. The molecule has 0 bridgehead atoms. The highest BCUT2D eigenvalue weighted by atomic mass is 33.1. The third-order valence-corrected chi connectivity index (χ3v) is 5.38. The normalized spacial score (nSPS) is 12.4. The summed E-state index contributed by atoms with van der Waals surface area (Å²) in [5.74, 6) is 0. The van der Waals surface area contributed by atoms with Gasteiger partial charge in [0.2, 0.25) is 0 Å². The third-order valence-electron chi connectivity index (χ3n) is 2.90.